The van der Waals surface area contributed by atoms with E-state index >= 15 is 0 Å². The summed E-state index contributed by atoms with van der Waals surface area (Å²) in [5.41, 5.74) is 1.86. The van der Waals surface area contributed by atoms with Gasteiger partial charge < -0.3 is 5.32 Å². The number of rotatable bonds is 3. The molecule has 0 saturated heterocycles. The lowest BCUT2D eigenvalue weighted by Crippen LogP contribution is -2.26. The van der Waals surface area contributed by atoms with Crippen molar-refractivity contribution >= 4 is 0 Å². The summed E-state index contributed by atoms with van der Waals surface area (Å²) in [5, 5.41) is 12.0. The summed E-state index contributed by atoms with van der Waals surface area (Å²) in [6.45, 7) is 8.31. The Morgan fingerprint density at radius 3 is 2.80 bits per heavy atom. The number of hydrogen-bond donors (Lipinski definition) is 1. The van der Waals surface area contributed by atoms with Crippen molar-refractivity contribution in [3.05, 3.63) is 29.6 Å². The standard InChI is InChI=1S/C12H17N3/c1-12(2,3)9-14-8-10-4-5-15-11(6-10)7-13/h4-6,14H,8-9H2,1-3H3. The Kier molecular flexibility index (Phi) is 3.81. The van der Waals surface area contributed by atoms with Gasteiger partial charge in [-0.2, -0.15) is 5.26 Å². The Balaban J connectivity index is 2.48. The Labute approximate surface area is 91.1 Å². The molecule has 1 N–H and O–H groups in total. The average Bonchev–Trinajstić information content (AvgIpc) is 2.16. The molecule has 0 radical (unpaired) electrons. The summed E-state index contributed by atoms with van der Waals surface area (Å²) in [6.07, 6.45) is 1.67. The van der Waals surface area contributed by atoms with Gasteiger partial charge in [0.25, 0.3) is 0 Å². The van der Waals surface area contributed by atoms with E-state index in [0.717, 1.165) is 18.7 Å². The quantitative estimate of drug-likeness (QED) is 0.818. The van der Waals surface area contributed by atoms with E-state index in [-0.39, 0.29) is 5.41 Å². The van der Waals surface area contributed by atoms with Crippen LogP contribution in [-0.2, 0) is 6.54 Å². The van der Waals surface area contributed by atoms with Crippen molar-refractivity contribution < 1.29 is 0 Å². The summed E-state index contributed by atoms with van der Waals surface area (Å²) in [4.78, 5) is 3.93. The second kappa shape index (κ2) is 4.90. The van der Waals surface area contributed by atoms with Gasteiger partial charge in [-0.05, 0) is 23.1 Å². The molecule has 3 nitrogen and oxygen atoms in total. The SMILES string of the molecule is CC(C)(C)CNCc1ccnc(C#N)c1. The van der Waals surface area contributed by atoms with E-state index < -0.39 is 0 Å². The van der Waals surface area contributed by atoms with Crippen LogP contribution in [0.25, 0.3) is 0 Å². The molecule has 80 valence electrons. The zero-order valence-corrected chi connectivity index (χ0v) is 9.54. The van der Waals surface area contributed by atoms with Crippen LogP contribution in [0.4, 0.5) is 0 Å². The zero-order valence-electron chi connectivity index (χ0n) is 9.54. The molecule has 1 rings (SSSR count). The minimum absolute atomic E-state index is 0.283. The molecule has 0 aliphatic heterocycles. The highest BCUT2D eigenvalue weighted by atomic mass is 14.9. The number of nitriles is 1. The minimum atomic E-state index is 0.283. The summed E-state index contributed by atoms with van der Waals surface area (Å²) in [6, 6.07) is 5.78. The van der Waals surface area contributed by atoms with Crippen LogP contribution in [0.1, 0.15) is 32.0 Å². The predicted molar refractivity (Wildman–Crippen MR) is 60.1 cm³/mol. The third kappa shape index (κ3) is 4.57. The Hall–Kier alpha value is -1.40. The number of hydrogen-bond acceptors (Lipinski definition) is 3. The first-order valence-electron chi connectivity index (χ1n) is 5.07. The summed E-state index contributed by atoms with van der Waals surface area (Å²) in [5.74, 6) is 0. The van der Waals surface area contributed by atoms with Crippen molar-refractivity contribution in [2.24, 2.45) is 5.41 Å². The van der Waals surface area contributed by atoms with E-state index in [2.05, 4.69) is 31.1 Å². The largest absolute Gasteiger partial charge is 0.312 e. The fourth-order valence-electron chi connectivity index (χ4n) is 1.23. The van der Waals surface area contributed by atoms with Crippen molar-refractivity contribution in [2.75, 3.05) is 6.54 Å². The maximum Gasteiger partial charge on any atom is 0.140 e. The third-order valence-electron chi connectivity index (χ3n) is 1.92. The fraction of sp³-hybridized carbons (Fsp3) is 0.500. The van der Waals surface area contributed by atoms with Crippen molar-refractivity contribution in [1.82, 2.24) is 10.3 Å². The van der Waals surface area contributed by atoms with Gasteiger partial charge >= 0.3 is 0 Å². The molecule has 0 atom stereocenters. The second-order valence-corrected chi connectivity index (χ2v) is 4.83. The highest BCUT2D eigenvalue weighted by Gasteiger charge is 2.08. The summed E-state index contributed by atoms with van der Waals surface area (Å²) >= 11 is 0. The zero-order chi connectivity index (χ0) is 11.3. The van der Waals surface area contributed by atoms with Crippen LogP contribution < -0.4 is 5.32 Å². The molecule has 0 fully saturated rings. The lowest BCUT2D eigenvalue weighted by molar-refractivity contribution is 0.379. The summed E-state index contributed by atoms with van der Waals surface area (Å²) in [7, 11) is 0. The number of pyridine rings is 1. The Morgan fingerprint density at radius 2 is 2.20 bits per heavy atom. The van der Waals surface area contributed by atoms with Crippen LogP contribution in [0.3, 0.4) is 0 Å². The van der Waals surface area contributed by atoms with Gasteiger partial charge in [0, 0.05) is 19.3 Å². The van der Waals surface area contributed by atoms with Gasteiger partial charge in [0.15, 0.2) is 0 Å². The first kappa shape index (κ1) is 11.7. The lowest BCUT2D eigenvalue weighted by atomic mass is 9.97. The molecular formula is C12H17N3. The molecule has 0 aromatic carbocycles. The molecule has 15 heavy (non-hydrogen) atoms. The van der Waals surface area contributed by atoms with Gasteiger partial charge in [0.1, 0.15) is 11.8 Å². The van der Waals surface area contributed by atoms with Gasteiger partial charge in [-0.25, -0.2) is 4.98 Å². The maximum absolute atomic E-state index is 8.68. The van der Waals surface area contributed by atoms with E-state index in [9.17, 15) is 0 Å². The predicted octanol–water partition coefficient (Wildman–Crippen LogP) is 2.09. The number of nitrogens with one attached hydrogen (secondary N) is 1. The fourth-order valence-corrected chi connectivity index (χ4v) is 1.23. The van der Waals surface area contributed by atoms with Crippen molar-refractivity contribution in [3.8, 4) is 6.07 Å². The third-order valence-corrected chi connectivity index (χ3v) is 1.92. The van der Waals surface area contributed by atoms with Crippen LogP contribution >= 0.6 is 0 Å². The van der Waals surface area contributed by atoms with Crippen LogP contribution in [0, 0.1) is 16.7 Å². The Bertz CT molecular complexity index is 358. The first-order chi connectivity index (χ1) is 7.01. The highest BCUT2D eigenvalue weighted by Crippen LogP contribution is 2.10. The second-order valence-electron chi connectivity index (χ2n) is 4.83. The van der Waals surface area contributed by atoms with Gasteiger partial charge in [-0.15, -0.1) is 0 Å². The molecule has 0 saturated carbocycles. The van der Waals surface area contributed by atoms with Crippen LogP contribution in [0.2, 0.25) is 0 Å². The topological polar surface area (TPSA) is 48.7 Å². The smallest absolute Gasteiger partial charge is 0.140 e. The molecule has 1 aromatic rings. The highest BCUT2D eigenvalue weighted by molar-refractivity contribution is 5.25. The van der Waals surface area contributed by atoms with Crippen molar-refractivity contribution in [1.29, 1.82) is 5.26 Å². The van der Waals surface area contributed by atoms with E-state index in [0.29, 0.717) is 5.69 Å². The summed E-state index contributed by atoms with van der Waals surface area (Å²) < 4.78 is 0. The average molecular weight is 203 g/mol. The molecule has 0 bridgehead atoms. The molecule has 0 aliphatic carbocycles. The Morgan fingerprint density at radius 1 is 1.47 bits per heavy atom. The van der Waals surface area contributed by atoms with E-state index in [1.165, 1.54) is 0 Å². The van der Waals surface area contributed by atoms with Gasteiger partial charge in [0.05, 0.1) is 0 Å². The number of nitrogens with zero attached hydrogens (tertiary/aromatic N) is 2. The normalized spacial score (nSPS) is 11.1. The molecular weight excluding hydrogens is 186 g/mol. The number of aromatic nitrogens is 1. The molecule has 0 unspecified atom stereocenters. The monoisotopic (exact) mass is 203 g/mol. The minimum Gasteiger partial charge on any atom is -0.312 e. The van der Waals surface area contributed by atoms with Gasteiger partial charge in [-0.3, -0.25) is 0 Å². The first-order valence-corrected chi connectivity index (χ1v) is 5.07. The molecule has 3 heteroatoms. The molecule has 0 spiro atoms. The van der Waals surface area contributed by atoms with Crippen LogP contribution in [-0.4, -0.2) is 11.5 Å². The van der Waals surface area contributed by atoms with Crippen LogP contribution in [0.15, 0.2) is 18.3 Å². The van der Waals surface area contributed by atoms with E-state index in [4.69, 9.17) is 5.26 Å². The molecule has 0 aliphatic rings. The molecule has 1 aromatic heterocycles. The van der Waals surface area contributed by atoms with Crippen molar-refractivity contribution in [3.63, 3.8) is 0 Å². The van der Waals surface area contributed by atoms with Gasteiger partial charge in [0.2, 0.25) is 0 Å². The lowest BCUT2D eigenvalue weighted by Gasteiger charge is -2.18. The maximum atomic E-state index is 8.68. The molecule has 1 heterocycles. The van der Waals surface area contributed by atoms with E-state index in [1.54, 1.807) is 6.20 Å². The van der Waals surface area contributed by atoms with Crippen LogP contribution in [0.5, 0.6) is 0 Å². The molecule has 0 amide bonds. The van der Waals surface area contributed by atoms with E-state index in [1.807, 2.05) is 18.2 Å². The van der Waals surface area contributed by atoms with Gasteiger partial charge in [-0.1, -0.05) is 20.8 Å². The van der Waals surface area contributed by atoms with Crippen molar-refractivity contribution in [2.45, 2.75) is 27.3 Å².